The lowest BCUT2D eigenvalue weighted by Crippen LogP contribution is -2.12. The standard InChI is InChI=1S/C31H33N3O/c1-30(2,3)20-13-14-33-29(17-20)34-27-10-8-7-9-25(27)26-12-11-23(19-28(26)34)35-24-16-21(31(4,5)6)15-22(32)18-24/h7-19H,32H2,1-6H3. The summed E-state index contributed by atoms with van der Waals surface area (Å²) < 4.78 is 8.58. The Morgan fingerprint density at radius 3 is 2.14 bits per heavy atom. The van der Waals surface area contributed by atoms with Crippen LogP contribution in [0.15, 0.2) is 79.0 Å². The fraction of sp³-hybridized carbons (Fsp3) is 0.258. The van der Waals surface area contributed by atoms with Crippen LogP contribution in [0.2, 0.25) is 0 Å². The summed E-state index contributed by atoms with van der Waals surface area (Å²) in [6.45, 7) is 13.2. The average Bonchev–Trinajstić information content (AvgIpc) is 3.11. The first-order chi connectivity index (χ1) is 16.5. The second kappa shape index (κ2) is 8.16. The number of nitrogens with two attached hydrogens (primary N) is 1. The van der Waals surface area contributed by atoms with Crippen LogP contribution in [0.3, 0.4) is 0 Å². The second-order valence-electron chi connectivity index (χ2n) is 11.3. The van der Waals surface area contributed by atoms with Gasteiger partial charge in [-0.2, -0.15) is 0 Å². The number of hydrogen-bond donors (Lipinski definition) is 1. The third kappa shape index (κ3) is 4.37. The first-order valence-corrected chi connectivity index (χ1v) is 12.1. The Bertz CT molecular complexity index is 1550. The molecule has 0 atom stereocenters. The zero-order chi connectivity index (χ0) is 25.0. The number of rotatable bonds is 3. The molecule has 178 valence electrons. The highest BCUT2D eigenvalue weighted by Gasteiger charge is 2.19. The molecule has 0 spiro atoms. The van der Waals surface area contributed by atoms with Crippen LogP contribution in [0.5, 0.6) is 11.5 Å². The summed E-state index contributed by atoms with van der Waals surface area (Å²) in [6, 6.07) is 25.0. The Balaban J connectivity index is 1.67. The number of ether oxygens (including phenoxy) is 1. The largest absolute Gasteiger partial charge is 0.457 e. The van der Waals surface area contributed by atoms with Crippen LogP contribution >= 0.6 is 0 Å². The molecule has 0 unspecified atom stereocenters. The number of aromatic nitrogens is 2. The highest BCUT2D eigenvalue weighted by atomic mass is 16.5. The topological polar surface area (TPSA) is 53.1 Å². The first-order valence-electron chi connectivity index (χ1n) is 12.1. The molecule has 4 nitrogen and oxygen atoms in total. The highest BCUT2D eigenvalue weighted by Crippen LogP contribution is 2.37. The minimum Gasteiger partial charge on any atom is -0.457 e. The number of para-hydroxylation sites is 1. The third-order valence-corrected chi connectivity index (χ3v) is 6.52. The molecule has 4 heteroatoms. The summed E-state index contributed by atoms with van der Waals surface area (Å²) in [6.07, 6.45) is 1.90. The highest BCUT2D eigenvalue weighted by molar-refractivity contribution is 6.09. The molecular formula is C31H33N3O. The van der Waals surface area contributed by atoms with Gasteiger partial charge in [0.1, 0.15) is 17.3 Å². The van der Waals surface area contributed by atoms with Crippen molar-refractivity contribution in [3.05, 3.63) is 90.1 Å². The zero-order valence-corrected chi connectivity index (χ0v) is 21.4. The number of nitrogen functional groups attached to an aromatic ring is 1. The Kier molecular flexibility index (Phi) is 5.36. The van der Waals surface area contributed by atoms with Crippen LogP contribution in [-0.2, 0) is 10.8 Å². The Labute approximate surface area is 207 Å². The molecular weight excluding hydrogens is 430 g/mol. The van der Waals surface area contributed by atoms with E-state index in [0.717, 1.165) is 33.9 Å². The molecule has 2 N–H and O–H groups in total. The molecule has 2 aromatic heterocycles. The molecule has 0 bridgehead atoms. The van der Waals surface area contributed by atoms with E-state index >= 15 is 0 Å². The van der Waals surface area contributed by atoms with Gasteiger partial charge in [-0.25, -0.2) is 4.98 Å². The van der Waals surface area contributed by atoms with E-state index in [1.807, 2.05) is 24.4 Å². The minimum absolute atomic E-state index is 0.0202. The van der Waals surface area contributed by atoms with Crippen LogP contribution in [0.4, 0.5) is 5.69 Å². The lowest BCUT2D eigenvalue weighted by Gasteiger charge is -2.21. The van der Waals surface area contributed by atoms with Crippen molar-refractivity contribution in [2.75, 3.05) is 5.73 Å². The number of fused-ring (bicyclic) bond motifs is 3. The summed E-state index contributed by atoms with van der Waals surface area (Å²) in [7, 11) is 0. The molecule has 0 saturated heterocycles. The first kappa shape index (κ1) is 23.0. The molecule has 0 radical (unpaired) electrons. The molecule has 0 saturated carbocycles. The predicted octanol–water partition coefficient (Wildman–Crippen LogP) is 8.15. The summed E-state index contributed by atoms with van der Waals surface area (Å²) in [5.74, 6) is 2.41. The van der Waals surface area contributed by atoms with Gasteiger partial charge in [0, 0.05) is 34.8 Å². The Hall–Kier alpha value is -3.79. The van der Waals surface area contributed by atoms with Crippen molar-refractivity contribution < 1.29 is 4.74 Å². The quantitative estimate of drug-likeness (QED) is 0.275. The van der Waals surface area contributed by atoms with Crippen LogP contribution in [0.1, 0.15) is 52.7 Å². The predicted molar refractivity (Wildman–Crippen MR) is 147 cm³/mol. The van der Waals surface area contributed by atoms with Gasteiger partial charge in [0.2, 0.25) is 0 Å². The van der Waals surface area contributed by atoms with Crippen molar-refractivity contribution >= 4 is 27.5 Å². The van der Waals surface area contributed by atoms with E-state index in [9.17, 15) is 0 Å². The van der Waals surface area contributed by atoms with Gasteiger partial charge in [-0.15, -0.1) is 0 Å². The van der Waals surface area contributed by atoms with Crippen LogP contribution in [0, 0.1) is 0 Å². The van der Waals surface area contributed by atoms with Crippen molar-refractivity contribution in [1.82, 2.24) is 9.55 Å². The van der Waals surface area contributed by atoms with Crippen LogP contribution in [0.25, 0.3) is 27.6 Å². The fourth-order valence-corrected chi connectivity index (χ4v) is 4.52. The Morgan fingerprint density at radius 1 is 0.686 bits per heavy atom. The molecule has 0 fully saturated rings. The monoisotopic (exact) mass is 463 g/mol. The molecule has 0 aliphatic carbocycles. The summed E-state index contributed by atoms with van der Waals surface area (Å²) in [5, 5.41) is 2.36. The van der Waals surface area contributed by atoms with Crippen LogP contribution in [-0.4, -0.2) is 9.55 Å². The van der Waals surface area contributed by atoms with Crippen molar-refractivity contribution in [2.45, 2.75) is 52.4 Å². The van der Waals surface area contributed by atoms with E-state index in [0.29, 0.717) is 5.69 Å². The SMILES string of the molecule is CC(C)(C)c1cc(N)cc(Oc2ccc3c4ccccc4n(-c4cc(C(C)(C)C)ccn4)c3c2)c1. The number of nitrogens with zero attached hydrogens (tertiary/aromatic N) is 2. The van der Waals surface area contributed by atoms with Gasteiger partial charge in [-0.05, 0) is 64.4 Å². The third-order valence-electron chi connectivity index (χ3n) is 6.52. The summed E-state index contributed by atoms with van der Waals surface area (Å²) in [4.78, 5) is 4.77. The maximum absolute atomic E-state index is 6.35. The van der Waals surface area contributed by atoms with Gasteiger partial charge in [-0.1, -0.05) is 59.7 Å². The number of pyridine rings is 1. The van der Waals surface area contributed by atoms with Gasteiger partial charge < -0.3 is 10.5 Å². The molecule has 0 aliphatic heterocycles. The number of benzene rings is 3. The van der Waals surface area contributed by atoms with E-state index in [2.05, 4.69) is 101 Å². The summed E-state index contributed by atoms with van der Waals surface area (Å²) in [5.41, 5.74) is 11.5. The maximum Gasteiger partial charge on any atom is 0.137 e. The molecule has 0 amide bonds. The lowest BCUT2D eigenvalue weighted by atomic mass is 9.87. The average molecular weight is 464 g/mol. The van der Waals surface area contributed by atoms with Crippen molar-refractivity contribution in [1.29, 1.82) is 0 Å². The van der Waals surface area contributed by atoms with Gasteiger partial charge in [0.25, 0.3) is 0 Å². The van der Waals surface area contributed by atoms with Gasteiger partial charge in [0.05, 0.1) is 11.0 Å². The molecule has 5 rings (SSSR count). The lowest BCUT2D eigenvalue weighted by molar-refractivity contribution is 0.479. The van der Waals surface area contributed by atoms with E-state index in [1.165, 1.54) is 16.3 Å². The van der Waals surface area contributed by atoms with Crippen molar-refractivity contribution in [3.63, 3.8) is 0 Å². The second-order valence-corrected chi connectivity index (χ2v) is 11.3. The molecule has 2 heterocycles. The molecule has 35 heavy (non-hydrogen) atoms. The van der Waals surface area contributed by atoms with E-state index in [1.54, 1.807) is 0 Å². The van der Waals surface area contributed by atoms with E-state index in [4.69, 9.17) is 15.5 Å². The van der Waals surface area contributed by atoms with Crippen molar-refractivity contribution in [3.8, 4) is 17.3 Å². The molecule has 0 aliphatic rings. The van der Waals surface area contributed by atoms with Gasteiger partial charge >= 0.3 is 0 Å². The fourth-order valence-electron chi connectivity index (χ4n) is 4.52. The van der Waals surface area contributed by atoms with Gasteiger partial charge in [-0.3, -0.25) is 4.57 Å². The van der Waals surface area contributed by atoms with E-state index in [-0.39, 0.29) is 10.8 Å². The number of anilines is 1. The van der Waals surface area contributed by atoms with Crippen molar-refractivity contribution in [2.24, 2.45) is 0 Å². The number of hydrogen-bond acceptors (Lipinski definition) is 3. The Morgan fingerprint density at radius 2 is 1.40 bits per heavy atom. The van der Waals surface area contributed by atoms with Crippen LogP contribution < -0.4 is 10.5 Å². The smallest absolute Gasteiger partial charge is 0.137 e. The zero-order valence-electron chi connectivity index (χ0n) is 21.4. The molecule has 5 aromatic rings. The normalized spacial score (nSPS) is 12.4. The maximum atomic E-state index is 6.35. The minimum atomic E-state index is -0.0202. The molecule has 3 aromatic carbocycles. The summed E-state index contributed by atoms with van der Waals surface area (Å²) >= 11 is 0. The van der Waals surface area contributed by atoms with E-state index < -0.39 is 0 Å². The van der Waals surface area contributed by atoms with Gasteiger partial charge in [0.15, 0.2) is 0 Å².